The molecule has 1 saturated heterocycles. The summed E-state index contributed by atoms with van der Waals surface area (Å²) in [5.41, 5.74) is 1.62. The number of aromatic amines is 1. The third kappa shape index (κ3) is 3.18. The fraction of sp³-hybridized carbons (Fsp3) is 0.273. The van der Waals surface area contributed by atoms with Crippen molar-refractivity contribution in [3.8, 4) is 0 Å². The van der Waals surface area contributed by atoms with E-state index in [0.717, 1.165) is 41.5 Å². The molecule has 2 aromatic carbocycles. The first-order chi connectivity index (χ1) is 14.2. The number of piperidine rings is 1. The number of para-hydroxylation sites is 2. The van der Waals surface area contributed by atoms with Crippen molar-refractivity contribution in [2.24, 2.45) is 0 Å². The van der Waals surface area contributed by atoms with Crippen LogP contribution in [0.5, 0.6) is 0 Å². The molecule has 1 aliphatic rings. The standard InChI is InChI=1S/C22H21N5O2/c28-20(14-27-22(29)16-8-2-1-7-15(16)13-23-27)26-12-6-5-11-19(26)21-24-17-9-3-4-10-18(17)25-21/h1-4,7-10,13,19H,5-6,11-12,14H2,(H,24,25)/t19-/m0/s1. The number of rotatable bonds is 3. The van der Waals surface area contributed by atoms with Crippen LogP contribution in [0.25, 0.3) is 21.8 Å². The van der Waals surface area contributed by atoms with Crippen LogP contribution in [0.4, 0.5) is 0 Å². The maximum absolute atomic E-state index is 13.1. The lowest BCUT2D eigenvalue weighted by atomic mass is 10.0. The molecule has 1 atom stereocenters. The lowest BCUT2D eigenvalue weighted by molar-refractivity contribution is -0.136. The van der Waals surface area contributed by atoms with Gasteiger partial charge in [-0.05, 0) is 37.5 Å². The first-order valence-corrected chi connectivity index (χ1v) is 9.90. The van der Waals surface area contributed by atoms with Crippen molar-refractivity contribution in [3.05, 3.63) is 70.9 Å². The van der Waals surface area contributed by atoms with E-state index in [4.69, 9.17) is 4.98 Å². The highest BCUT2D eigenvalue weighted by Crippen LogP contribution is 2.30. The number of hydrogen-bond donors (Lipinski definition) is 1. The molecule has 0 aliphatic carbocycles. The number of nitrogens with zero attached hydrogens (tertiary/aromatic N) is 4. The first kappa shape index (κ1) is 17.6. The maximum atomic E-state index is 13.1. The number of carbonyl (C=O) groups is 1. The molecule has 0 bridgehead atoms. The van der Waals surface area contributed by atoms with Crippen LogP contribution >= 0.6 is 0 Å². The summed E-state index contributed by atoms with van der Waals surface area (Å²) in [6, 6.07) is 15.0. The number of carbonyl (C=O) groups excluding carboxylic acids is 1. The molecule has 0 unspecified atom stereocenters. The SMILES string of the molecule is O=C(Cn1ncc2ccccc2c1=O)N1CCCC[C@H]1c1nc2ccccc2[nH]1. The minimum Gasteiger partial charge on any atom is -0.340 e. The van der Waals surface area contributed by atoms with E-state index < -0.39 is 0 Å². The lowest BCUT2D eigenvalue weighted by Crippen LogP contribution is -2.42. The van der Waals surface area contributed by atoms with Crippen LogP contribution in [0, 0.1) is 0 Å². The van der Waals surface area contributed by atoms with Crippen molar-refractivity contribution in [2.75, 3.05) is 6.54 Å². The Bertz CT molecular complexity index is 1230. The normalized spacial score (nSPS) is 17.1. The molecule has 1 N–H and O–H groups in total. The van der Waals surface area contributed by atoms with Crippen LogP contribution in [0.2, 0.25) is 0 Å². The lowest BCUT2D eigenvalue weighted by Gasteiger charge is -2.34. The number of benzene rings is 2. The average molecular weight is 387 g/mol. The highest BCUT2D eigenvalue weighted by atomic mass is 16.2. The number of hydrogen-bond acceptors (Lipinski definition) is 4. The van der Waals surface area contributed by atoms with Crippen molar-refractivity contribution < 1.29 is 4.79 Å². The van der Waals surface area contributed by atoms with E-state index in [-0.39, 0.29) is 24.1 Å². The molecule has 7 nitrogen and oxygen atoms in total. The number of H-pyrrole nitrogens is 1. The van der Waals surface area contributed by atoms with Crippen LogP contribution in [0.3, 0.4) is 0 Å². The number of amides is 1. The van der Waals surface area contributed by atoms with Crippen molar-refractivity contribution in [3.63, 3.8) is 0 Å². The van der Waals surface area contributed by atoms with Crippen molar-refractivity contribution >= 4 is 27.7 Å². The molecule has 3 heterocycles. The largest absolute Gasteiger partial charge is 0.340 e. The van der Waals surface area contributed by atoms with Gasteiger partial charge in [0.05, 0.1) is 28.7 Å². The van der Waals surface area contributed by atoms with E-state index in [2.05, 4.69) is 10.1 Å². The summed E-state index contributed by atoms with van der Waals surface area (Å²) in [6.07, 6.45) is 4.48. The topological polar surface area (TPSA) is 83.9 Å². The Hall–Kier alpha value is -3.48. The van der Waals surface area contributed by atoms with Crippen molar-refractivity contribution in [1.29, 1.82) is 0 Å². The molecule has 1 fully saturated rings. The molecule has 29 heavy (non-hydrogen) atoms. The quantitative estimate of drug-likeness (QED) is 0.586. The second-order valence-corrected chi connectivity index (χ2v) is 7.43. The molecule has 0 radical (unpaired) electrons. The second kappa shape index (κ2) is 7.16. The monoisotopic (exact) mass is 387 g/mol. The molecular formula is C22H21N5O2. The van der Waals surface area contributed by atoms with Gasteiger partial charge in [0.15, 0.2) is 0 Å². The van der Waals surface area contributed by atoms with Crippen molar-refractivity contribution in [2.45, 2.75) is 31.8 Å². The fourth-order valence-electron chi connectivity index (χ4n) is 4.10. The Kier molecular flexibility index (Phi) is 4.35. The highest BCUT2D eigenvalue weighted by molar-refractivity contribution is 5.81. The zero-order valence-electron chi connectivity index (χ0n) is 15.9. The summed E-state index contributed by atoms with van der Waals surface area (Å²) in [5.74, 6) is 0.693. The minimum absolute atomic E-state index is 0.0691. The van der Waals surface area contributed by atoms with Gasteiger partial charge in [-0.1, -0.05) is 30.3 Å². The van der Waals surface area contributed by atoms with Gasteiger partial charge < -0.3 is 9.88 Å². The van der Waals surface area contributed by atoms with Gasteiger partial charge in [0.1, 0.15) is 12.4 Å². The van der Waals surface area contributed by atoms with E-state index in [1.54, 1.807) is 12.3 Å². The predicted molar refractivity (Wildman–Crippen MR) is 110 cm³/mol. The molecule has 146 valence electrons. The Morgan fingerprint density at radius 1 is 1.10 bits per heavy atom. The number of imidazole rings is 1. The molecule has 1 amide bonds. The third-order valence-corrected chi connectivity index (χ3v) is 5.59. The van der Waals surface area contributed by atoms with Gasteiger partial charge >= 0.3 is 0 Å². The molecule has 0 spiro atoms. The van der Waals surface area contributed by atoms with Gasteiger partial charge in [-0.2, -0.15) is 5.10 Å². The Morgan fingerprint density at radius 3 is 2.83 bits per heavy atom. The van der Waals surface area contributed by atoms with E-state index in [1.165, 1.54) is 4.68 Å². The molecular weight excluding hydrogens is 366 g/mol. The molecule has 4 aromatic rings. The average Bonchev–Trinajstić information content (AvgIpc) is 3.20. The fourth-order valence-corrected chi connectivity index (χ4v) is 4.10. The summed E-state index contributed by atoms with van der Waals surface area (Å²) < 4.78 is 1.26. The van der Waals surface area contributed by atoms with E-state index in [0.29, 0.717) is 11.9 Å². The van der Waals surface area contributed by atoms with Crippen LogP contribution < -0.4 is 5.56 Å². The highest BCUT2D eigenvalue weighted by Gasteiger charge is 2.30. The van der Waals surface area contributed by atoms with Gasteiger partial charge in [0, 0.05) is 11.9 Å². The number of nitrogens with one attached hydrogen (secondary N) is 1. The first-order valence-electron chi connectivity index (χ1n) is 9.90. The summed E-state index contributed by atoms with van der Waals surface area (Å²) in [7, 11) is 0. The zero-order valence-corrected chi connectivity index (χ0v) is 15.9. The smallest absolute Gasteiger partial charge is 0.275 e. The van der Waals surface area contributed by atoms with Gasteiger partial charge in [-0.25, -0.2) is 9.67 Å². The van der Waals surface area contributed by atoms with Gasteiger partial charge in [0.2, 0.25) is 5.91 Å². The van der Waals surface area contributed by atoms with Crippen LogP contribution in [-0.4, -0.2) is 37.1 Å². The van der Waals surface area contributed by atoms with Gasteiger partial charge in [-0.15, -0.1) is 0 Å². The van der Waals surface area contributed by atoms with E-state index >= 15 is 0 Å². The van der Waals surface area contributed by atoms with Gasteiger partial charge in [-0.3, -0.25) is 9.59 Å². The summed E-state index contributed by atoms with van der Waals surface area (Å²) >= 11 is 0. The summed E-state index contributed by atoms with van der Waals surface area (Å²) in [5, 5.41) is 5.56. The molecule has 5 rings (SSSR count). The number of aromatic nitrogens is 4. The summed E-state index contributed by atoms with van der Waals surface area (Å²) in [6.45, 7) is 0.587. The maximum Gasteiger partial charge on any atom is 0.275 e. The Morgan fingerprint density at radius 2 is 1.93 bits per heavy atom. The third-order valence-electron chi connectivity index (χ3n) is 5.59. The Balaban J connectivity index is 1.44. The van der Waals surface area contributed by atoms with Crippen LogP contribution in [-0.2, 0) is 11.3 Å². The predicted octanol–water partition coefficient (Wildman–Crippen LogP) is 3.03. The minimum atomic E-state index is -0.242. The molecule has 7 heteroatoms. The number of fused-ring (bicyclic) bond motifs is 2. The molecule has 1 aliphatic heterocycles. The van der Waals surface area contributed by atoms with E-state index in [9.17, 15) is 9.59 Å². The Labute approximate surface area is 167 Å². The van der Waals surface area contributed by atoms with Gasteiger partial charge in [0.25, 0.3) is 5.56 Å². The molecule has 0 saturated carbocycles. The van der Waals surface area contributed by atoms with Crippen LogP contribution in [0.15, 0.2) is 59.5 Å². The molecule has 2 aromatic heterocycles. The van der Waals surface area contributed by atoms with Crippen molar-refractivity contribution in [1.82, 2.24) is 24.6 Å². The number of likely N-dealkylation sites (tertiary alicyclic amines) is 1. The second-order valence-electron chi connectivity index (χ2n) is 7.43. The van der Waals surface area contributed by atoms with Crippen LogP contribution in [0.1, 0.15) is 31.1 Å². The summed E-state index contributed by atoms with van der Waals surface area (Å²) in [4.78, 5) is 35.8. The zero-order chi connectivity index (χ0) is 19.8. The van der Waals surface area contributed by atoms with E-state index in [1.807, 2.05) is 47.4 Å².